The lowest BCUT2D eigenvalue weighted by molar-refractivity contribution is 0.100. The van der Waals surface area contributed by atoms with E-state index in [9.17, 15) is 4.79 Å². The zero-order valence-corrected chi connectivity index (χ0v) is 22.3. The molecule has 0 unspecified atom stereocenters. The number of amides is 1. The van der Waals surface area contributed by atoms with Gasteiger partial charge in [0.25, 0.3) is 0 Å². The number of nitrogens with zero attached hydrogens (tertiary/aromatic N) is 1. The van der Waals surface area contributed by atoms with Gasteiger partial charge in [0.05, 0.1) is 12.3 Å². The van der Waals surface area contributed by atoms with Crippen LogP contribution >= 0.6 is 24.2 Å². The molecule has 4 nitrogen and oxygen atoms in total. The van der Waals surface area contributed by atoms with Gasteiger partial charge in [0.15, 0.2) is 0 Å². The molecule has 35 heavy (non-hydrogen) atoms. The molecule has 0 aromatic heterocycles. The van der Waals surface area contributed by atoms with Crippen molar-refractivity contribution in [3.8, 4) is 5.75 Å². The molecule has 0 saturated carbocycles. The number of carbonyl (C=O) groups excluding carboxylic acids is 1. The zero-order valence-electron chi connectivity index (χ0n) is 20.6. The molecule has 0 fully saturated rings. The molecule has 1 amide bonds. The largest absolute Gasteiger partial charge is 0.490 e. The van der Waals surface area contributed by atoms with Crippen molar-refractivity contribution in [1.82, 2.24) is 0 Å². The third-order valence-electron chi connectivity index (χ3n) is 7.39. The number of fused-ring (bicyclic) bond motifs is 3. The first-order valence-electron chi connectivity index (χ1n) is 12.8. The number of unbranched alkanes of at least 4 members (excludes halogenated alkanes) is 2. The highest BCUT2D eigenvalue weighted by Crippen LogP contribution is 2.44. The number of hydrogen-bond acceptors (Lipinski definition) is 4. The van der Waals surface area contributed by atoms with E-state index in [1.807, 2.05) is 18.2 Å². The Morgan fingerprint density at radius 2 is 2.11 bits per heavy atom. The Balaban J connectivity index is 1.55. The molecular weight excluding hydrogens is 476 g/mol. The van der Waals surface area contributed by atoms with Crippen molar-refractivity contribution >= 4 is 35.8 Å². The second kappa shape index (κ2) is 11.7. The lowest BCUT2D eigenvalue weighted by Gasteiger charge is -2.41. The van der Waals surface area contributed by atoms with Crippen molar-refractivity contribution in [3.05, 3.63) is 70.3 Å². The number of halogens is 1. The summed E-state index contributed by atoms with van der Waals surface area (Å²) >= 11 is 10.7. The SMILES string of the molecule is C[C@H](CS)C/C=C/CCCCN1C[C@@]2(CCCc3cc(Cl)ccc32)COc2ccc(C(N)=O)cc21. The smallest absolute Gasteiger partial charge is 0.248 e. The first-order chi connectivity index (χ1) is 16.9. The Labute approximate surface area is 220 Å². The van der Waals surface area contributed by atoms with E-state index in [0.717, 1.165) is 80.2 Å². The van der Waals surface area contributed by atoms with Crippen molar-refractivity contribution in [2.45, 2.75) is 57.3 Å². The first-order valence-corrected chi connectivity index (χ1v) is 13.8. The number of carbonyl (C=O) groups is 1. The normalized spacial score (nSPS) is 20.3. The Hall–Kier alpha value is -2.11. The van der Waals surface area contributed by atoms with E-state index >= 15 is 0 Å². The summed E-state index contributed by atoms with van der Waals surface area (Å²) in [4.78, 5) is 14.4. The molecular formula is C29H37ClN2O2S. The number of aryl methyl sites for hydroxylation is 1. The van der Waals surface area contributed by atoms with E-state index in [0.29, 0.717) is 18.1 Å². The van der Waals surface area contributed by atoms with Crippen LogP contribution in [0.25, 0.3) is 0 Å². The van der Waals surface area contributed by atoms with Gasteiger partial charge in [-0.25, -0.2) is 0 Å². The molecule has 4 rings (SSSR count). The predicted molar refractivity (Wildman–Crippen MR) is 149 cm³/mol. The molecule has 1 aliphatic heterocycles. The van der Waals surface area contributed by atoms with Gasteiger partial charge in [-0.05, 0) is 98.1 Å². The van der Waals surface area contributed by atoms with Gasteiger partial charge in [-0.1, -0.05) is 36.7 Å². The Kier molecular flexibility index (Phi) is 8.72. The molecule has 2 aromatic carbocycles. The molecule has 2 N–H and O–H groups in total. The van der Waals surface area contributed by atoms with E-state index in [2.05, 4.69) is 48.7 Å². The van der Waals surface area contributed by atoms with Gasteiger partial charge < -0.3 is 15.4 Å². The average molecular weight is 513 g/mol. The van der Waals surface area contributed by atoms with Crippen LogP contribution < -0.4 is 15.4 Å². The number of ether oxygens (including phenoxy) is 1. The number of nitrogens with two attached hydrogens (primary N) is 1. The van der Waals surface area contributed by atoms with Crippen LogP contribution in [-0.2, 0) is 11.8 Å². The minimum absolute atomic E-state index is 0.104. The number of benzene rings is 2. The second-order valence-corrected chi connectivity index (χ2v) is 11.0. The Bertz CT molecular complexity index is 1070. The summed E-state index contributed by atoms with van der Waals surface area (Å²) < 4.78 is 6.44. The molecule has 2 aliphatic rings. The fourth-order valence-corrected chi connectivity index (χ4v) is 5.73. The van der Waals surface area contributed by atoms with Crippen LogP contribution in [0.1, 0.15) is 66.9 Å². The van der Waals surface area contributed by atoms with Crippen molar-refractivity contribution in [2.24, 2.45) is 11.7 Å². The summed E-state index contributed by atoms with van der Waals surface area (Å²) in [6, 6.07) is 11.9. The third-order valence-corrected chi connectivity index (χ3v) is 8.25. The molecule has 0 saturated heterocycles. The topological polar surface area (TPSA) is 55.6 Å². The van der Waals surface area contributed by atoms with E-state index in [-0.39, 0.29) is 5.41 Å². The first kappa shape index (κ1) is 26.0. The van der Waals surface area contributed by atoms with Crippen molar-refractivity contribution < 1.29 is 9.53 Å². The highest BCUT2D eigenvalue weighted by atomic mass is 35.5. The third kappa shape index (κ3) is 6.18. The fourth-order valence-electron chi connectivity index (χ4n) is 5.39. The van der Waals surface area contributed by atoms with Crippen LogP contribution in [0.2, 0.25) is 5.02 Å². The van der Waals surface area contributed by atoms with Crippen LogP contribution in [0.5, 0.6) is 5.75 Å². The summed E-state index contributed by atoms with van der Waals surface area (Å²) in [5.41, 5.74) is 9.69. The van der Waals surface area contributed by atoms with Gasteiger partial charge in [-0.15, -0.1) is 0 Å². The fraction of sp³-hybridized carbons (Fsp3) is 0.483. The lowest BCUT2D eigenvalue weighted by atomic mass is 9.70. The van der Waals surface area contributed by atoms with Crippen LogP contribution in [0.4, 0.5) is 5.69 Å². The van der Waals surface area contributed by atoms with Gasteiger partial charge in [0, 0.05) is 29.1 Å². The highest BCUT2D eigenvalue weighted by Gasteiger charge is 2.41. The van der Waals surface area contributed by atoms with E-state index < -0.39 is 5.91 Å². The maximum absolute atomic E-state index is 11.9. The number of primary amides is 1. The maximum atomic E-state index is 11.9. The van der Waals surface area contributed by atoms with Gasteiger partial charge in [0.1, 0.15) is 5.75 Å². The lowest BCUT2D eigenvalue weighted by Crippen LogP contribution is -2.46. The number of anilines is 1. The predicted octanol–water partition coefficient (Wildman–Crippen LogP) is 6.59. The van der Waals surface area contributed by atoms with Crippen LogP contribution in [0.15, 0.2) is 48.6 Å². The van der Waals surface area contributed by atoms with E-state index in [1.54, 1.807) is 6.07 Å². The van der Waals surface area contributed by atoms with Crippen LogP contribution in [0.3, 0.4) is 0 Å². The van der Waals surface area contributed by atoms with Gasteiger partial charge in [-0.3, -0.25) is 4.79 Å². The van der Waals surface area contributed by atoms with Gasteiger partial charge in [-0.2, -0.15) is 12.6 Å². The second-order valence-electron chi connectivity index (χ2n) is 10.2. The van der Waals surface area contributed by atoms with Crippen molar-refractivity contribution in [2.75, 3.05) is 30.3 Å². The summed E-state index contributed by atoms with van der Waals surface area (Å²) in [5, 5.41) is 0.790. The van der Waals surface area contributed by atoms with Crippen molar-refractivity contribution in [3.63, 3.8) is 0 Å². The highest BCUT2D eigenvalue weighted by molar-refractivity contribution is 7.80. The molecule has 2 atom stereocenters. The molecule has 0 radical (unpaired) electrons. The summed E-state index contributed by atoms with van der Waals surface area (Å²) in [7, 11) is 0. The zero-order chi connectivity index (χ0) is 24.8. The number of rotatable bonds is 9. The molecule has 188 valence electrons. The number of thiol groups is 1. The molecule has 1 heterocycles. The average Bonchev–Trinajstić information content (AvgIpc) is 3.00. The number of allylic oxidation sites excluding steroid dienone is 2. The summed E-state index contributed by atoms with van der Waals surface area (Å²) in [5.74, 6) is 1.95. The van der Waals surface area contributed by atoms with E-state index in [1.165, 1.54) is 11.1 Å². The molecule has 0 bridgehead atoms. The van der Waals surface area contributed by atoms with Gasteiger partial charge in [0.2, 0.25) is 5.91 Å². The van der Waals surface area contributed by atoms with Crippen LogP contribution in [-0.4, -0.2) is 31.4 Å². The molecule has 2 aromatic rings. The number of hydrogen-bond donors (Lipinski definition) is 2. The standard InChI is InChI=1S/C29H37ClN2O2S/c1-21(18-35)8-5-3-2-4-6-15-32-19-29(14-7-9-22-16-24(30)11-12-25(22)29)20-34-27-13-10-23(28(31)33)17-26(27)32/h3,5,10-13,16-17,21,35H,2,4,6-9,14-15,18-20H2,1H3,(H2,31,33)/b5-3+/t21-,29-/m0/s1. The monoisotopic (exact) mass is 512 g/mol. The van der Waals surface area contributed by atoms with Gasteiger partial charge >= 0.3 is 0 Å². The summed E-state index contributed by atoms with van der Waals surface area (Å²) in [6.07, 6.45) is 12.2. The molecule has 1 aliphatic carbocycles. The minimum Gasteiger partial charge on any atom is -0.490 e. The summed E-state index contributed by atoms with van der Waals surface area (Å²) in [6.45, 7) is 4.60. The quantitative estimate of drug-likeness (QED) is 0.226. The Morgan fingerprint density at radius 3 is 2.91 bits per heavy atom. The molecule has 1 spiro atoms. The van der Waals surface area contributed by atoms with Crippen molar-refractivity contribution in [1.29, 1.82) is 0 Å². The van der Waals surface area contributed by atoms with E-state index in [4.69, 9.17) is 22.1 Å². The maximum Gasteiger partial charge on any atom is 0.248 e. The Morgan fingerprint density at radius 1 is 1.26 bits per heavy atom. The van der Waals surface area contributed by atoms with Crippen LogP contribution in [0, 0.1) is 5.92 Å². The molecule has 6 heteroatoms. The minimum atomic E-state index is -0.412.